The predicted octanol–water partition coefficient (Wildman–Crippen LogP) is 4.41. The van der Waals surface area contributed by atoms with Gasteiger partial charge in [0.15, 0.2) is 0 Å². The van der Waals surface area contributed by atoms with E-state index in [0.717, 1.165) is 12.5 Å². The first-order valence-electron chi connectivity index (χ1n) is 6.34. The van der Waals surface area contributed by atoms with Crippen molar-refractivity contribution in [3.63, 3.8) is 0 Å². The second kappa shape index (κ2) is 11.0. The number of rotatable bonds is 10. The average molecular weight is 200 g/mol. The van der Waals surface area contributed by atoms with Gasteiger partial charge in [0.05, 0.1) is 0 Å². The summed E-state index contributed by atoms with van der Waals surface area (Å²) in [5, 5.41) is 0. The summed E-state index contributed by atoms with van der Waals surface area (Å²) in [5.41, 5.74) is 0. The van der Waals surface area contributed by atoms with Crippen LogP contribution in [0.4, 0.5) is 0 Å². The van der Waals surface area contributed by atoms with Gasteiger partial charge in [-0.25, -0.2) is 0 Å². The number of ether oxygens (including phenoxy) is 1. The highest BCUT2D eigenvalue weighted by atomic mass is 16.5. The van der Waals surface area contributed by atoms with Gasteiger partial charge in [0.25, 0.3) is 0 Å². The maximum absolute atomic E-state index is 5.06. The van der Waals surface area contributed by atoms with Gasteiger partial charge in [0, 0.05) is 13.7 Å². The van der Waals surface area contributed by atoms with Crippen LogP contribution in [0, 0.1) is 5.92 Å². The first-order chi connectivity index (χ1) is 6.85. The van der Waals surface area contributed by atoms with Crippen molar-refractivity contribution in [1.29, 1.82) is 0 Å². The van der Waals surface area contributed by atoms with E-state index in [1.165, 1.54) is 51.4 Å². The van der Waals surface area contributed by atoms with Gasteiger partial charge in [-0.1, -0.05) is 58.8 Å². The summed E-state index contributed by atoms with van der Waals surface area (Å²) in [6.07, 6.45) is 11.0. The van der Waals surface area contributed by atoms with Gasteiger partial charge in [-0.05, 0) is 12.3 Å². The van der Waals surface area contributed by atoms with Crippen molar-refractivity contribution < 1.29 is 4.74 Å². The van der Waals surface area contributed by atoms with Gasteiger partial charge >= 0.3 is 0 Å². The van der Waals surface area contributed by atoms with E-state index >= 15 is 0 Å². The first-order valence-corrected chi connectivity index (χ1v) is 6.34. The fraction of sp³-hybridized carbons (Fsp3) is 1.00. The number of methoxy groups -OCH3 is 1. The van der Waals surface area contributed by atoms with E-state index in [2.05, 4.69) is 13.8 Å². The summed E-state index contributed by atoms with van der Waals surface area (Å²) in [6, 6.07) is 0. The zero-order valence-electron chi connectivity index (χ0n) is 10.3. The molecule has 0 saturated heterocycles. The summed E-state index contributed by atoms with van der Waals surface area (Å²) in [4.78, 5) is 0. The van der Waals surface area contributed by atoms with E-state index in [1.54, 1.807) is 7.11 Å². The maximum Gasteiger partial charge on any atom is 0.0462 e. The predicted molar refractivity (Wildman–Crippen MR) is 63.7 cm³/mol. The maximum atomic E-state index is 5.06. The lowest BCUT2D eigenvalue weighted by molar-refractivity contribution is 0.189. The highest BCUT2D eigenvalue weighted by Crippen LogP contribution is 2.19. The quantitative estimate of drug-likeness (QED) is 0.475. The average Bonchev–Trinajstić information content (AvgIpc) is 2.22. The summed E-state index contributed by atoms with van der Waals surface area (Å²) >= 11 is 0. The molecule has 0 aliphatic carbocycles. The smallest absolute Gasteiger partial charge is 0.0462 e. The topological polar surface area (TPSA) is 9.23 Å². The fourth-order valence-electron chi connectivity index (χ4n) is 1.92. The summed E-state index contributed by atoms with van der Waals surface area (Å²) in [5.74, 6) is 0.971. The molecule has 0 fully saturated rings. The zero-order valence-corrected chi connectivity index (χ0v) is 10.3. The van der Waals surface area contributed by atoms with E-state index < -0.39 is 0 Å². The highest BCUT2D eigenvalue weighted by Gasteiger charge is 2.05. The molecule has 0 aromatic rings. The summed E-state index contributed by atoms with van der Waals surface area (Å²) in [6.45, 7) is 5.54. The number of hydrogen-bond acceptors (Lipinski definition) is 1. The molecule has 0 aliphatic rings. The molecule has 0 rings (SSSR count). The molecule has 0 aromatic carbocycles. The zero-order chi connectivity index (χ0) is 10.6. The molecule has 0 saturated carbocycles. The van der Waals surface area contributed by atoms with Crippen molar-refractivity contribution in [3.8, 4) is 0 Å². The first kappa shape index (κ1) is 14.0. The number of unbranched alkanes of at least 4 members (excludes halogenated alkanes) is 3. The Bertz CT molecular complexity index is 101. The van der Waals surface area contributed by atoms with E-state index in [4.69, 9.17) is 4.74 Å². The molecule has 14 heavy (non-hydrogen) atoms. The minimum absolute atomic E-state index is 0.936. The van der Waals surface area contributed by atoms with Crippen LogP contribution in [0.15, 0.2) is 0 Å². The molecule has 1 atom stereocenters. The van der Waals surface area contributed by atoms with Crippen molar-refractivity contribution in [1.82, 2.24) is 0 Å². The van der Waals surface area contributed by atoms with Crippen LogP contribution in [0.3, 0.4) is 0 Å². The highest BCUT2D eigenvalue weighted by molar-refractivity contribution is 4.58. The third kappa shape index (κ3) is 8.55. The van der Waals surface area contributed by atoms with Crippen LogP contribution in [-0.2, 0) is 4.74 Å². The monoisotopic (exact) mass is 200 g/mol. The summed E-state index contributed by atoms with van der Waals surface area (Å²) < 4.78 is 5.06. The van der Waals surface area contributed by atoms with Crippen molar-refractivity contribution in [3.05, 3.63) is 0 Å². The Kier molecular flexibility index (Phi) is 11.0. The number of hydrogen-bond donors (Lipinski definition) is 0. The molecule has 0 radical (unpaired) electrons. The lowest BCUT2D eigenvalue weighted by atomic mass is 9.93. The van der Waals surface area contributed by atoms with Gasteiger partial charge < -0.3 is 4.74 Å². The van der Waals surface area contributed by atoms with Gasteiger partial charge in [0.1, 0.15) is 0 Å². The second-order valence-electron chi connectivity index (χ2n) is 4.26. The van der Waals surface area contributed by atoms with Gasteiger partial charge in [-0.15, -0.1) is 0 Å². The molecule has 1 unspecified atom stereocenters. The Hall–Kier alpha value is -0.0400. The molecule has 0 aliphatic heterocycles. The van der Waals surface area contributed by atoms with Crippen LogP contribution in [-0.4, -0.2) is 13.7 Å². The van der Waals surface area contributed by atoms with Gasteiger partial charge in [0.2, 0.25) is 0 Å². The second-order valence-corrected chi connectivity index (χ2v) is 4.26. The lowest BCUT2D eigenvalue weighted by Crippen LogP contribution is -2.00. The molecule has 86 valence electrons. The molecule has 0 heterocycles. The van der Waals surface area contributed by atoms with E-state index in [1.807, 2.05) is 0 Å². The largest absolute Gasteiger partial charge is 0.385 e. The minimum Gasteiger partial charge on any atom is -0.385 e. The third-order valence-corrected chi connectivity index (χ3v) is 3.00. The van der Waals surface area contributed by atoms with Crippen molar-refractivity contribution >= 4 is 0 Å². The molecule has 0 bridgehead atoms. The molecular weight excluding hydrogens is 172 g/mol. The SMILES string of the molecule is CCCCCC(CC)CCCCOC. The Balaban J connectivity index is 3.28. The molecule has 0 amide bonds. The van der Waals surface area contributed by atoms with Crippen LogP contribution in [0.1, 0.15) is 65.2 Å². The van der Waals surface area contributed by atoms with E-state index in [0.29, 0.717) is 0 Å². The molecular formula is C13H28O. The van der Waals surface area contributed by atoms with Gasteiger partial charge in [-0.3, -0.25) is 0 Å². The molecule has 0 spiro atoms. The Morgan fingerprint density at radius 3 is 2.07 bits per heavy atom. The Labute approximate surface area is 90.2 Å². The molecule has 0 N–H and O–H groups in total. The van der Waals surface area contributed by atoms with Crippen molar-refractivity contribution in [2.24, 2.45) is 5.92 Å². The fourth-order valence-corrected chi connectivity index (χ4v) is 1.92. The van der Waals surface area contributed by atoms with E-state index in [9.17, 15) is 0 Å². The Morgan fingerprint density at radius 1 is 0.929 bits per heavy atom. The van der Waals surface area contributed by atoms with E-state index in [-0.39, 0.29) is 0 Å². The molecule has 1 nitrogen and oxygen atoms in total. The summed E-state index contributed by atoms with van der Waals surface area (Å²) in [7, 11) is 1.79. The van der Waals surface area contributed by atoms with Crippen LogP contribution >= 0.6 is 0 Å². The van der Waals surface area contributed by atoms with Crippen LogP contribution in [0.25, 0.3) is 0 Å². The lowest BCUT2D eigenvalue weighted by Gasteiger charge is -2.13. The minimum atomic E-state index is 0.936. The van der Waals surface area contributed by atoms with Crippen LogP contribution in [0.2, 0.25) is 0 Å². The normalized spacial score (nSPS) is 13.1. The van der Waals surface area contributed by atoms with Crippen LogP contribution in [0.5, 0.6) is 0 Å². The molecule has 0 aromatic heterocycles. The Morgan fingerprint density at radius 2 is 1.57 bits per heavy atom. The van der Waals surface area contributed by atoms with Crippen LogP contribution < -0.4 is 0 Å². The van der Waals surface area contributed by atoms with Gasteiger partial charge in [-0.2, -0.15) is 0 Å². The van der Waals surface area contributed by atoms with Crippen molar-refractivity contribution in [2.75, 3.05) is 13.7 Å². The van der Waals surface area contributed by atoms with Crippen molar-refractivity contribution in [2.45, 2.75) is 65.2 Å². The molecule has 1 heteroatoms. The third-order valence-electron chi connectivity index (χ3n) is 3.00. The standard InChI is InChI=1S/C13H28O/c1-4-6-7-10-13(5-2)11-8-9-12-14-3/h13H,4-12H2,1-3H3.